The summed E-state index contributed by atoms with van der Waals surface area (Å²) in [4.78, 5) is 14.5. The Hall–Kier alpha value is -0.860. The standard InChI is InChI=1S/C6H10N2O/c7-6(9)5-2-1-3-8-4-5/h3,5H,1-2,4H2,(H2,7,9). The van der Waals surface area contributed by atoms with Gasteiger partial charge in [-0.15, -0.1) is 0 Å². The molecular formula is C6H10N2O. The Morgan fingerprint density at radius 3 is 2.89 bits per heavy atom. The van der Waals surface area contributed by atoms with Crippen molar-refractivity contribution in [1.82, 2.24) is 0 Å². The van der Waals surface area contributed by atoms with E-state index in [1.54, 1.807) is 0 Å². The molecule has 3 nitrogen and oxygen atoms in total. The fourth-order valence-electron chi connectivity index (χ4n) is 0.892. The highest BCUT2D eigenvalue weighted by Crippen LogP contribution is 2.08. The molecule has 1 atom stereocenters. The largest absolute Gasteiger partial charge is 0.369 e. The van der Waals surface area contributed by atoms with E-state index in [2.05, 4.69) is 4.99 Å². The monoisotopic (exact) mass is 126 g/mol. The molecular weight excluding hydrogens is 116 g/mol. The second kappa shape index (κ2) is 2.62. The molecule has 1 rings (SSSR count). The van der Waals surface area contributed by atoms with Gasteiger partial charge in [0, 0.05) is 0 Å². The molecule has 1 aliphatic rings. The summed E-state index contributed by atoms with van der Waals surface area (Å²) >= 11 is 0. The predicted molar refractivity (Wildman–Crippen MR) is 35.3 cm³/mol. The summed E-state index contributed by atoms with van der Waals surface area (Å²) in [5, 5.41) is 0. The second-order valence-corrected chi connectivity index (χ2v) is 2.22. The minimum Gasteiger partial charge on any atom is -0.369 e. The molecule has 1 aliphatic heterocycles. The van der Waals surface area contributed by atoms with Crippen molar-refractivity contribution in [2.24, 2.45) is 16.6 Å². The Morgan fingerprint density at radius 1 is 1.78 bits per heavy atom. The van der Waals surface area contributed by atoms with Crippen LogP contribution in [0.2, 0.25) is 0 Å². The van der Waals surface area contributed by atoms with E-state index in [0.29, 0.717) is 6.54 Å². The van der Waals surface area contributed by atoms with Crippen LogP contribution in [0.3, 0.4) is 0 Å². The molecule has 3 heteroatoms. The zero-order chi connectivity index (χ0) is 6.69. The van der Waals surface area contributed by atoms with Gasteiger partial charge in [-0.05, 0) is 19.1 Å². The number of rotatable bonds is 1. The Bertz CT molecular complexity index is 142. The summed E-state index contributed by atoms with van der Waals surface area (Å²) in [6.45, 7) is 0.593. The van der Waals surface area contributed by atoms with Gasteiger partial charge in [0.25, 0.3) is 0 Å². The molecule has 1 unspecified atom stereocenters. The molecule has 0 aromatic rings. The summed E-state index contributed by atoms with van der Waals surface area (Å²) in [7, 11) is 0. The molecule has 0 saturated carbocycles. The van der Waals surface area contributed by atoms with Crippen LogP contribution in [0.25, 0.3) is 0 Å². The molecule has 0 saturated heterocycles. The van der Waals surface area contributed by atoms with Crippen molar-refractivity contribution in [3.8, 4) is 0 Å². The zero-order valence-electron chi connectivity index (χ0n) is 5.21. The highest BCUT2D eigenvalue weighted by Gasteiger charge is 2.15. The third-order valence-corrected chi connectivity index (χ3v) is 1.50. The van der Waals surface area contributed by atoms with Gasteiger partial charge >= 0.3 is 0 Å². The van der Waals surface area contributed by atoms with Crippen LogP contribution in [0.5, 0.6) is 0 Å². The first kappa shape index (κ1) is 6.26. The number of carbonyl (C=O) groups is 1. The fraction of sp³-hybridized carbons (Fsp3) is 0.667. The van der Waals surface area contributed by atoms with E-state index in [4.69, 9.17) is 5.73 Å². The first-order chi connectivity index (χ1) is 4.30. The number of amides is 1. The molecule has 0 spiro atoms. The lowest BCUT2D eigenvalue weighted by molar-refractivity contribution is -0.121. The van der Waals surface area contributed by atoms with Gasteiger partial charge in [0.1, 0.15) is 0 Å². The smallest absolute Gasteiger partial charge is 0.222 e. The Kier molecular flexibility index (Phi) is 1.82. The van der Waals surface area contributed by atoms with Crippen LogP contribution in [0.4, 0.5) is 0 Å². The minimum atomic E-state index is -0.216. The summed E-state index contributed by atoms with van der Waals surface area (Å²) in [6, 6.07) is 0. The quantitative estimate of drug-likeness (QED) is 0.526. The number of hydrogen-bond acceptors (Lipinski definition) is 2. The van der Waals surface area contributed by atoms with E-state index >= 15 is 0 Å². The third kappa shape index (κ3) is 1.52. The van der Waals surface area contributed by atoms with Gasteiger partial charge in [0.05, 0.1) is 12.5 Å². The van der Waals surface area contributed by atoms with Gasteiger partial charge in [0.2, 0.25) is 5.91 Å². The first-order valence-electron chi connectivity index (χ1n) is 3.08. The SMILES string of the molecule is NC(=O)C1CCC=NC1. The van der Waals surface area contributed by atoms with Crippen LogP contribution >= 0.6 is 0 Å². The number of primary amides is 1. The molecule has 1 heterocycles. The summed E-state index contributed by atoms with van der Waals surface area (Å²) in [5.41, 5.74) is 5.05. The maximum absolute atomic E-state index is 10.5. The van der Waals surface area contributed by atoms with Crippen molar-refractivity contribution < 1.29 is 4.79 Å². The van der Waals surface area contributed by atoms with E-state index in [1.165, 1.54) is 0 Å². The molecule has 50 valence electrons. The lowest BCUT2D eigenvalue weighted by Crippen LogP contribution is -2.27. The fourth-order valence-corrected chi connectivity index (χ4v) is 0.892. The average molecular weight is 126 g/mol. The van der Waals surface area contributed by atoms with Crippen molar-refractivity contribution >= 4 is 12.1 Å². The molecule has 2 N–H and O–H groups in total. The molecule has 0 aromatic heterocycles. The molecule has 0 radical (unpaired) electrons. The zero-order valence-corrected chi connectivity index (χ0v) is 5.21. The van der Waals surface area contributed by atoms with E-state index in [1.807, 2.05) is 6.21 Å². The van der Waals surface area contributed by atoms with Crippen molar-refractivity contribution in [2.45, 2.75) is 12.8 Å². The van der Waals surface area contributed by atoms with Gasteiger partial charge < -0.3 is 5.73 Å². The lowest BCUT2D eigenvalue weighted by Gasteiger charge is -2.11. The topological polar surface area (TPSA) is 55.5 Å². The first-order valence-corrected chi connectivity index (χ1v) is 3.08. The summed E-state index contributed by atoms with van der Waals surface area (Å²) in [5.74, 6) is -0.221. The molecule has 9 heavy (non-hydrogen) atoms. The van der Waals surface area contributed by atoms with E-state index in [-0.39, 0.29) is 11.8 Å². The van der Waals surface area contributed by atoms with E-state index in [9.17, 15) is 4.79 Å². The van der Waals surface area contributed by atoms with E-state index < -0.39 is 0 Å². The van der Waals surface area contributed by atoms with Gasteiger partial charge in [0.15, 0.2) is 0 Å². The lowest BCUT2D eigenvalue weighted by atomic mass is 10.0. The number of carbonyl (C=O) groups excluding carboxylic acids is 1. The van der Waals surface area contributed by atoms with Gasteiger partial charge in [-0.1, -0.05) is 0 Å². The maximum Gasteiger partial charge on any atom is 0.222 e. The normalized spacial score (nSPS) is 26.0. The average Bonchev–Trinajstić information content (AvgIpc) is 1.90. The highest BCUT2D eigenvalue weighted by atomic mass is 16.1. The summed E-state index contributed by atoms with van der Waals surface area (Å²) < 4.78 is 0. The Morgan fingerprint density at radius 2 is 2.56 bits per heavy atom. The van der Waals surface area contributed by atoms with Crippen LogP contribution in [-0.4, -0.2) is 18.7 Å². The molecule has 0 aliphatic carbocycles. The van der Waals surface area contributed by atoms with Crippen LogP contribution in [0, 0.1) is 5.92 Å². The highest BCUT2D eigenvalue weighted by molar-refractivity contribution is 5.78. The van der Waals surface area contributed by atoms with Gasteiger partial charge in [-0.25, -0.2) is 0 Å². The maximum atomic E-state index is 10.5. The van der Waals surface area contributed by atoms with Crippen LogP contribution < -0.4 is 5.73 Å². The molecule has 0 bridgehead atoms. The molecule has 1 amide bonds. The van der Waals surface area contributed by atoms with Gasteiger partial charge in [-0.2, -0.15) is 0 Å². The number of nitrogens with zero attached hydrogens (tertiary/aromatic N) is 1. The molecule has 0 aromatic carbocycles. The van der Waals surface area contributed by atoms with Crippen LogP contribution in [0.15, 0.2) is 4.99 Å². The third-order valence-electron chi connectivity index (χ3n) is 1.50. The predicted octanol–water partition coefficient (Wildman–Crippen LogP) is -0.0475. The number of hydrogen-bond donors (Lipinski definition) is 1. The van der Waals surface area contributed by atoms with Crippen molar-refractivity contribution in [2.75, 3.05) is 6.54 Å². The number of nitrogens with two attached hydrogens (primary N) is 1. The molecule has 0 fully saturated rings. The minimum absolute atomic E-state index is 0.00463. The second-order valence-electron chi connectivity index (χ2n) is 2.22. The van der Waals surface area contributed by atoms with Crippen LogP contribution in [0.1, 0.15) is 12.8 Å². The Balaban J connectivity index is 2.44. The van der Waals surface area contributed by atoms with Crippen molar-refractivity contribution in [3.63, 3.8) is 0 Å². The van der Waals surface area contributed by atoms with Crippen LogP contribution in [-0.2, 0) is 4.79 Å². The number of aliphatic imine (C=N–C) groups is 1. The summed E-state index contributed by atoms with van der Waals surface area (Å²) in [6.07, 6.45) is 3.62. The Labute approximate surface area is 54.0 Å². The van der Waals surface area contributed by atoms with Crippen molar-refractivity contribution in [1.29, 1.82) is 0 Å². The van der Waals surface area contributed by atoms with Gasteiger partial charge in [-0.3, -0.25) is 9.79 Å². The van der Waals surface area contributed by atoms with Crippen molar-refractivity contribution in [3.05, 3.63) is 0 Å². The van der Waals surface area contributed by atoms with E-state index in [0.717, 1.165) is 12.8 Å².